The Balaban J connectivity index is 1.37. The van der Waals surface area contributed by atoms with Gasteiger partial charge in [0.2, 0.25) is 0 Å². The van der Waals surface area contributed by atoms with Crippen molar-refractivity contribution in [3.63, 3.8) is 0 Å². The van der Waals surface area contributed by atoms with E-state index >= 15 is 0 Å². The van der Waals surface area contributed by atoms with Crippen LogP contribution in [0, 0.1) is 0 Å². The molecule has 0 saturated carbocycles. The van der Waals surface area contributed by atoms with Crippen LogP contribution in [-0.4, -0.2) is 80.7 Å². The van der Waals surface area contributed by atoms with E-state index in [1.54, 1.807) is 7.11 Å². The lowest BCUT2D eigenvalue weighted by molar-refractivity contribution is 0.242. The summed E-state index contributed by atoms with van der Waals surface area (Å²) in [6.45, 7) is 6.93. The van der Waals surface area contributed by atoms with Gasteiger partial charge in [0.1, 0.15) is 11.6 Å². The molecule has 0 aliphatic carbocycles. The van der Waals surface area contributed by atoms with E-state index in [0.29, 0.717) is 6.04 Å². The van der Waals surface area contributed by atoms with Crippen LogP contribution in [0.4, 0.5) is 5.82 Å². The molecule has 4 rings (SSSR count). The molecule has 2 fully saturated rings. The first-order valence-corrected chi connectivity index (χ1v) is 11.3. The van der Waals surface area contributed by atoms with Crippen LogP contribution in [-0.2, 0) is 0 Å². The number of anilines is 1. The maximum atomic E-state index is 5.35. The summed E-state index contributed by atoms with van der Waals surface area (Å²) in [6.07, 6.45) is 4.41. The molecule has 1 unspecified atom stereocenters. The number of methoxy groups -OCH3 is 1. The van der Waals surface area contributed by atoms with E-state index in [9.17, 15) is 0 Å². The highest BCUT2D eigenvalue weighted by molar-refractivity contribution is 5.80. The summed E-state index contributed by atoms with van der Waals surface area (Å²) in [7, 11) is 3.60. The van der Waals surface area contributed by atoms with Gasteiger partial charge in [-0.2, -0.15) is 0 Å². The zero-order chi connectivity index (χ0) is 21.5. The van der Waals surface area contributed by atoms with Crippen molar-refractivity contribution >= 4 is 11.8 Å². The molecule has 166 valence electrons. The second-order valence-electron chi connectivity index (χ2n) is 8.12. The molecule has 1 aromatic carbocycles. The van der Waals surface area contributed by atoms with E-state index in [1.165, 1.54) is 18.4 Å². The first-order chi connectivity index (χ1) is 15.3. The van der Waals surface area contributed by atoms with Crippen molar-refractivity contribution in [3.05, 3.63) is 54.2 Å². The van der Waals surface area contributed by atoms with E-state index in [0.717, 1.165) is 63.3 Å². The summed E-state index contributed by atoms with van der Waals surface area (Å²) in [5, 5.41) is 3.67. The van der Waals surface area contributed by atoms with Crippen LogP contribution in [0.15, 0.2) is 53.7 Å². The summed E-state index contributed by atoms with van der Waals surface area (Å²) >= 11 is 0. The Morgan fingerprint density at radius 1 is 1.03 bits per heavy atom. The predicted molar refractivity (Wildman–Crippen MR) is 126 cm³/mol. The van der Waals surface area contributed by atoms with Crippen molar-refractivity contribution in [1.82, 2.24) is 20.1 Å². The van der Waals surface area contributed by atoms with Gasteiger partial charge >= 0.3 is 0 Å². The SMILES string of the molecule is CN=C(NCC(c1ccc(OC)cc1)N1CCCC1)N1CCN(c2ccccn2)CC1. The number of benzene rings is 1. The fraction of sp³-hybridized carbons (Fsp3) is 0.500. The highest BCUT2D eigenvalue weighted by Crippen LogP contribution is 2.26. The summed E-state index contributed by atoms with van der Waals surface area (Å²) in [5.41, 5.74) is 1.32. The van der Waals surface area contributed by atoms with Gasteiger partial charge in [0.15, 0.2) is 5.96 Å². The molecule has 1 aromatic heterocycles. The number of rotatable bonds is 6. The number of hydrogen-bond donors (Lipinski definition) is 1. The number of hydrogen-bond acceptors (Lipinski definition) is 5. The maximum Gasteiger partial charge on any atom is 0.193 e. The highest BCUT2D eigenvalue weighted by atomic mass is 16.5. The number of piperazine rings is 1. The lowest BCUT2D eigenvalue weighted by Crippen LogP contribution is -2.53. The largest absolute Gasteiger partial charge is 0.497 e. The smallest absolute Gasteiger partial charge is 0.193 e. The van der Waals surface area contributed by atoms with Gasteiger partial charge in [-0.3, -0.25) is 9.89 Å². The van der Waals surface area contributed by atoms with Gasteiger partial charge in [-0.25, -0.2) is 4.98 Å². The number of aromatic nitrogens is 1. The van der Waals surface area contributed by atoms with Gasteiger partial charge in [-0.05, 0) is 55.8 Å². The second kappa shape index (κ2) is 10.5. The molecule has 1 N–H and O–H groups in total. The average molecular weight is 423 g/mol. The number of guanidine groups is 1. The Morgan fingerprint density at radius 2 is 1.77 bits per heavy atom. The maximum absolute atomic E-state index is 5.35. The number of pyridine rings is 1. The molecule has 2 saturated heterocycles. The molecule has 7 heteroatoms. The molecule has 2 aliphatic heterocycles. The predicted octanol–water partition coefficient (Wildman–Crippen LogP) is 2.62. The monoisotopic (exact) mass is 422 g/mol. The summed E-state index contributed by atoms with van der Waals surface area (Å²) in [6, 6.07) is 14.9. The minimum Gasteiger partial charge on any atom is -0.497 e. The minimum atomic E-state index is 0.333. The fourth-order valence-electron chi connectivity index (χ4n) is 4.55. The standard InChI is InChI=1S/C24H34N6O/c1-25-24(30-17-15-29(16-18-30)23-7-3-4-12-26-23)27-19-22(28-13-5-6-14-28)20-8-10-21(31-2)11-9-20/h3-4,7-12,22H,5-6,13-19H2,1-2H3,(H,25,27). The van der Waals surface area contributed by atoms with Gasteiger partial charge < -0.3 is 19.9 Å². The van der Waals surface area contributed by atoms with Gasteiger partial charge in [0, 0.05) is 46.0 Å². The Hall–Kier alpha value is -2.80. The third-order valence-corrected chi connectivity index (χ3v) is 6.30. The first-order valence-electron chi connectivity index (χ1n) is 11.3. The van der Waals surface area contributed by atoms with Crippen molar-refractivity contribution in [2.45, 2.75) is 18.9 Å². The molecular weight excluding hydrogens is 388 g/mol. The summed E-state index contributed by atoms with van der Waals surface area (Å²) in [5.74, 6) is 2.94. The molecule has 7 nitrogen and oxygen atoms in total. The Bertz CT molecular complexity index is 827. The van der Waals surface area contributed by atoms with Crippen molar-refractivity contribution in [2.75, 3.05) is 64.9 Å². The van der Waals surface area contributed by atoms with Crippen LogP contribution in [0.5, 0.6) is 5.75 Å². The summed E-state index contributed by atoms with van der Waals surface area (Å²) in [4.78, 5) is 16.4. The van der Waals surface area contributed by atoms with Crippen molar-refractivity contribution in [1.29, 1.82) is 0 Å². The highest BCUT2D eigenvalue weighted by Gasteiger charge is 2.25. The van der Waals surface area contributed by atoms with Crippen molar-refractivity contribution < 1.29 is 4.74 Å². The molecule has 31 heavy (non-hydrogen) atoms. The lowest BCUT2D eigenvalue weighted by Gasteiger charge is -2.38. The van der Waals surface area contributed by atoms with E-state index < -0.39 is 0 Å². The number of ether oxygens (including phenoxy) is 1. The zero-order valence-electron chi connectivity index (χ0n) is 18.7. The number of aliphatic imine (C=N–C) groups is 1. The van der Waals surface area contributed by atoms with Crippen LogP contribution >= 0.6 is 0 Å². The second-order valence-corrected chi connectivity index (χ2v) is 8.12. The fourth-order valence-corrected chi connectivity index (χ4v) is 4.55. The van der Waals surface area contributed by atoms with E-state index in [4.69, 9.17) is 4.74 Å². The van der Waals surface area contributed by atoms with Gasteiger partial charge in [0.05, 0.1) is 13.2 Å². The van der Waals surface area contributed by atoms with Gasteiger partial charge in [-0.15, -0.1) is 0 Å². The molecule has 0 radical (unpaired) electrons. The Labute approximate surface area is 185 Å². The first kappa shape index (κ1) is 21.4. The molecule has 0 bridgehead atoms. The van der Waals surface area contributed by atoms with Gasteiger partial charge in [-0.1, -0.05) is 18.2 Å². The van der Waals surface area contributed by atoms with Crippen LogP contribution in [0.3, 0.4) is 0 Å². The quantitative estimate of drug-likeness (QED) is 0.571. The Morgan fingerprint density at radius 3 is 2.39 bits per heavy atom. The van der Waals surface area contributed by atoms with Crippen LogP contribution in [0.25, 0.3) is 0 Å². The molecular formula is C24H34N6O. The van der Waals surface area contributed by atoms with Crippen LogP contribution in [0.1, 0.15) is 24.4 Å². The number of nitrogens with zero attached hydrogens (tertiary/aromatic N) is 5. The summed E-state index contributed by atoms with van der Waals surface area (Å²) < 4.78 is 5.35. The van der Waals surface area contributed by atoms with Crippen molar-refractivity contribution in [2.24, 2.45) is 4.99 Å². The molecule has 2 aromatic rings. The van der Waals surface area contributed by atoms with Crippen LogP contribution < -0.4 is 15.0 Å². The number of nitrogens with one attached hydrogen (secondary N) is 1. The third-order valence-electron chi connectivity index (χ3n) is 6.30. The van der Waals surface area contributed by atoms with E-state index in [1.807, 2.05) is 25.4 Å². The normalized spacial score (nSPS) is 18.8. The Kier molecular flexibility index (Phi) is 7.25. The minimum absolute atomic E-state index is 0.333. The lowest BCUT2D eigenvalue weighted by atomic mass is 10.1. The number of likely N-dealkylation sites (tertiary alicyclic amines) is 1. The van der Waals surface area contributed by atoms with E-state index in [-0.39, 0.29) is 0 Å². The molecule has 0 spiro atoms. The topological polar surface area (TPSA) is 56.2 Å². The third kappa shape index (κ3) is 5.28. The molecule has 0 amide bonds. The zero-order valence-corrected chi connectivity index (χ0v) is 18.7. The molecule has 3 heterocycles. The average Bonchev–Trinajstić information content (AvgIpc) is 3.37. The molecule has 1 atom stereocenters. The van der Waals surface area contributed by atoms with Crippen molar-refractivity contribution in [3.8, 4) is 5.75 Å². The van der Waals surface area contributed by atoms with Crippen LogP contribution in [0.2, 0.25) is 0 Å². The van der Waals surface area contributed by atoms with E-state index in [2.05, 4.69) is 60.3 Å². The van der Waals surface area contributed by atoms with Gasteiger partial charge in [0.25, 0.3) is 0 Å². The molecule has 2 aliphatic rings.